The van der Waals surface area contributed by atoms with Crippen LogP contribution in [0.15, 0.2) is 41.7 Å². The topological polar surface area (TPSA) is 43.7 Å². The van der Waals surface area contributed by atoms with Crippen LogP contribution in [0, 0.1) is 5.82 Å². The Morgan fingerprint density at radius 2 is 2.05 bits per heavy atom. The van der Waals surface area contributed by atoms with Gasteiger partial charge in [0.15, 0.2) is 0 Å². The number of oxime groups is 1. The van der Waals surface area contributed by atoms with E-state index < -0.39 is 0 Å². The third-order valence-corrected chi connectivity index (χ3v) is 3.38. The number of halogens is 1. The number of ether oxygens (including phenoxy) is 1. The van der Waals surface area contributed by atoms with E-state index in [1.54, 1.807) is 31.5 Å². The van der Waals surface area contributed by atoms with Crippen molar-refractivity contribution in [1.82, 2.24) is 4.98 Å². The molecule has 2 heterocycles. The van der Waals surface area contributed by atoms with Gasteiger partial charge in [-0.2, -0.15) is 0 Å². The van der Waals surface area contributed by atoms with Gasteiger partial charge in [0.05, 0.1) is 12.8 Å². The molecule has 1 aliphatic rings. The third-order valence-electron chi connectivity index (χ3n) is 3.38. The first-order valence-electron chi connectivity index (χ1n) is 6.70. The van der Waals surface area contributed by atoms with Crippen molar-refractivity contribution < 1.29 is 14.0 Å². The molecule has 0 N–H and O–H groups in total. The molecule has 0 radical (unpaired) electrons. The van der Waals surface area contributed by atoms with Crippen molar-refractivity contribution >= 4 is 5.71 Å². The zero-order valence-corrected chi connectivity index (χ0v) is 11.8. The molecule has 0 aliphatic carbocycles. The Bertz CT molecular complexity index is 683. The molecule has 1 aliphatic heterocycles. The molecular formula is C16H15FN2O2. The average molecular weight is 286 g/mol. The highest BCUT2D eigenvalue weighted by Crippen LogP contribution is 2.26. The molecule has 0 bridgehead atoms. The third kappa shape index (κ3) is 2.72. The number of benzene rings is 1. The molecule has 21 heavy (non-hydrogen) atoms. The van der Waals surface area contributed by atoms with Crippen molar-refractivity contribution in [2.24, 2.45) is 5.16 Å². The van der Waals surface area contributed by atoms with E-state index in [1.165, 1.54) is 6.07 Å². The van der Waals surface area contributed by atoms with Gasteiger partial charge in [0.1, 0.15) is 11.9 Å². The first-order valence-corrected chi connectivity index (χ1v) is 6.70. The molecular weight excluding hydrogens is 271 g/mol. The van der Waals surface area contributed by atoms with Crippen LogP contribution in [0.5, 0.6) is 5.88 Å². The van der Waals surface area contributed by atoms with Crippen molar-refractivity contribution in [1.29, 1.82) is 0 Å². The number of aromatic nitrogens is 1. The maximum absolute atomic E-state index is 14.3. The molecule has 4 nitrogen and oxygen atoms in total. The van der Waals surface area contributed by atoms with Gasteiger partial charge in [-0.3, -0.25) is 0 Å². The van der Waals surface area contributed by atoms with Crippen molar-refractivity contribution in [3.63, 3.8) is 0 Å². The predicted octanol–water partition coefficient (Wildman–Crippen LogP) is 3.41. The lowest BCUT2D eigenvalue weighted by atomic mass is 10.0. The number of hydrogen-bond donors (Lipinski definition) is 0. The Hall–Kier alpha value is -2.43. The molecule has 1 aromatic heterocycles. The van der Waals surface area contributed by atoms with Crippen molar-refractivity contribution in [2.45, 2.75) is 19.4 Å². The summed E-state index contributed by atoms with van der Waals surface area (Å²) in [5.41, 5.74) is 2.74. The largest absolute Gasteiger partial charge is 0.481 e. The Morgan fingerprint density at radius 3 is 2.62 bits per heavy atom. The first-order chi connectivity index (χ1) is 10.2. The van der Waals surface area contributed by atoms with Gasteiger partial charge in [-0.05, 0) is 19.1 Å². The van der Waals surface area contributed by atoms with Gasteiger partial charge in [-0.1, -0.05) is 17.3 Å². The second-order valence-electron chi connectivity index (χ2n) is 4.94. The molecule has 0 saturated heterocycles. The van der Waals surface area contributed by atoms with E-state index in [0.717, 1.165) is 11.3 Å². The minimum absolute atomic E-state index is 0.0496. The maximum Gasteiger partial charge on any atom is 0.212 e. The minimum atomic E-state index is -0.304. The fourth-order valence-electron chi connectivity index (χ4n) is 2.26. The first kappa shape index (κ1) is 13.5. The van der Waals surface area contributed by atoms with Crippen LogP contribution in [0.1, 0.15) is 18.9 Å². The number of pyridine rings is 1. The summed E-state index contributed by atoms with van der Waals surface area (Å²) in [5.74, 6) is 0.198. The van der Waals surface area contributed by atoms with Gasteiger partial charge < -0.3 is 9.57 Å². The highest BCUT2D eigenvalue weighted by Gasteiger charge is 2.19. The molecule has 1 aromatic carbocycles. The van der Waals surface area contributed by atoms with Gasteiger partial charge in [-0.15, -0.1) is 0 Å². The van der Waals surface area contributed by atoms with Crippen molar-refractivity contribution in [2.75, 3.05) is 7.11 Å². The quantitative estimate of drug-likeness (QED) is 0.868. The molecule has 0 amide bonds. The zero-order valence-electron chi connectivity index (χ0n) is 11.8. The van der Waals surface area contributed by atoms with Crippen LogP contribution in [0.25, 0.3) is 11.1 Å². The molecule has 1 unspecified atom stereocenters. The number of hydrogen-bond acceptors (Lipinski definition) is 4. The SMILES string of the molecule is COc1ccc(-c2ccc(C3=NOC(C)C3)cc2F)cn1. The maximum atomic E-state index is 14.3. The summed E-state index contributed by atoms with van der Waals surface area (Å²) in [5, 5.41) is 3.97. The van der Waals surface area contributed by atoms with Gasteiger partial charge in [0.2, 0.25) is 5.88 Å². The van der Waals surface area contributed by atoms with E-state index in [4.69, 9.17) is 9.57 Å². The van der Waals surface area contributed by atoms with E-state index in [1.807, 2.05) is 13.0 Å². The van der Waals surface area contributed by atoms with E-state index in [0.29, 0.717) is 23.4 Å². The molecule has 1 atom stereocenters. The smallest absolute Gasteiger partial charge is 0.212 e. The van der Waals surface area contributed by atoms with Gasteiger partial charge in [-0.25, -0.2) is 9.37 Å². The fourth-order valence-corrected chi connectivity index (χ4v) is 2.26. The van der Waals surface area contributed by atoms with Crippen LogP contribution in [-0.2, 0) is 4.84 Å². The molecule has 5 heteroatoms. The number of nitrogens with zero attached hydrogens (tertiary/aromatic N) is 2. The second-order valence-corrected chi connectivity index (χ2v) is 4.94. The molecule has 3 rings (SSSR count). The summed E-state index contributed by atoms with van der Waals surface area (Å²) in [6, 6.07) is 8.56. The minimum Gasteiger partial charge on any atom is -0.481 e. The molecule has 2 aromatic rings. The summed E-state index contributed by atoms with van der Waals surface area (Å²) < 4.78 is 19.3. The van der Waals surface area contributed by atoms with Gasteiger partial charge in [0, 0.05) is 35.4 Å². The lowest BCUT2D eigenvalue weighted by molar-refractivity contribution is 0.0995. The van der Waals surface area contributed by atoms with Crippen molar-refractivity contribution in [3.8, 4) is 17.0 Å². The lowest BCUT2D eigenvalue weighted by Gasteiger charge is -2.06. The normalized spacial score (nSPS) is 17.3. The summed E-state index contributed by atoms with van der Waals surface area (Å²) in [6.07, 6.45) is 2.34. The molecule has 108 valence electrons. The van der Waals surface area contributed by atoms with E-state index in [9.17, 15) is 4.39 Å². The zero-order chi connectivity index (χ0) is 14.8. The fraction of sp³-hybridized carbons (Fsp3) is 0.250. The monoisotopic (exact) mass is 286 g/mol. The van der Waals surface area contributed by atoms with E-state index in [-0.39, 0.29) is 11.9 Å². The Balaban J connectivity index is 1.90. The molecule has 0 spiro atoms. The predicted molar refractivity (Wildman–Crippen MR) is 77.9 cm³/mol. The highest BCUT2D eigenvalue weighted by atomic mass is 19.1. The van der Waals surface area contributed by atoms with Crippen LogP contribution < -0.4 is 4.74 Å². The summed E-state index contributed by atoms with van der Waals surface area (Å²) in [7, 11) is 1.54. The summed E-state index contributed by atoms with van der Waals surface area (Å²) >= 11 is 0. The Morgan fingerprint density at radius 1 is 1.24 bits per heavy atom. The highest BCUT2D eigenvalue weighted by molar-refractivity contribution is 6.01. The van der Waals surface area contributed by atoms with Crippen LogP contribution in [-0.4, -0.2) is 23.9 Å². The summed E-state index contributed by atoms with van der Waals surface area (Å²) in [6.45, 7) is 1.93. The Kier molecular flexibility index (Phi) is 3.56. The lowest BCUT2D eigenvalue weighted by Crippen LogP contribution is -2.03. The molecule has 0 saturated carbocycles. The number of rotatable bonds is 3. The van der Waals surface area contributed by atoms with E-state index >= 15 is 0 Å². The average Bonchev–Trinajstić information content (AvgIpc) is 2.94. The van der Waals surface area contributed by atoms with Crippen molar-refractivity contribution in [3.05, 3.63) is 47.9 Å². The van der Waals surface area contributed by atoms with Crippen LogP contribution in [0.2, 0.25) is 0 Å². The van der Waals surface area contributed by atoms with Crippen LogP contribution in [0.3, 0.4) is 0 Å². The number of methoxy groups -OCH3 is 1. The van der Waals surface area contributed by atoms with Crippen LogP contribution in [0.4, 0.5) is 4.39 Å². The standard InChI is InChI=1S/C16H15FN2O2/c1-10-7-15(19-21-10)11-3-5-13(14(17)8-11)12-4-6-16(20-2)18-9-12/h3-6,8-10H,7H2,1-2H3. The van der Waals surface area contributed by atoms with Crippen LogP contribution >= 0.6 is 0 Å². The van der Waals surface area contributed by atoms with Gasteiger partial charge in [0.25, 0.3) is 0 Å². The van der Waals surface area contributed by atoms with E-state index in [2.05, 4.69) is 10.1 Å². The Labute approximate surface area is 122 Å². The summed E-state index contributed by atoms with van der Waals surface area (Å²) in [4.78, 5) is 9.23. The second kappa shape index (κ2) is 5.52. The van der Waals surface area contributed by atoms with Gasteiger partial charge >= 0.3 is 0 Å². The molecule has 0 fully saturated rings.